The quantitative estimate of drug-likeness (QED) is 0.805. The van der Waals surface area contributed by atoms with E-state index < -0.39 is 0 Å². The van der Waals surface area contributed by atoms with Crippen molar-refractivity contribution in [2.45, 2.75) is 6.61 Å². The number of fused-ring (bicyclic) bond motifs is 1. The number of ether oxygens (including phenoxy) is 1. The molecule has 0 aliphatic rings. The van der Waals surface area contributed by atoms with Crippen LogP contribution in [0.25, 0.3) is 5.65 Å². The largest absolute Gasteiger partial charge is 0.508 e. The van der Waals surface area contributed by atoms with Gasteiger partial charge >= 0.3 is 0 Å². The summed E-state index contributed by atoms with van der Waals surface area (Å²) >= 11 is 3.42. The molecular weight excluding hydrogens is 308 g/mol. The van der Waals surface area contributed by atoms with Crippen LogP contribution in [0.2, 0.25) is 0 Å². The van der Waals surface area contributed by atoms with Gasteiger partial charge in [0.05, 0.1) is 5.69 Å². The summed E-state index contributed by atoms with van der Waals surface area (Å²) < 4.78 is 8.55. The predicted octanol–water partition coefficient (Wildman–Crippen LogP) is 3.38. The molecule has 5 heteroatoms. The lowest BCUT2D eigenvalue weighted by molar-refractivity contribution is 0.301. The molecule has 0 amide bonds. The molecule has 2 aromatic heterocycles. The minimum absolute atomic E-state index is 0.227. The Hall–Kier alpha value is -2.01. The highest BCUT2D eigenvalue weighted by molar-refractivity contribution is 9.10. The SMILES string of the molecule is Oc1ccc(OCc2cn3ccc(Br)cc3n2)cc1. The fourth-order valence-corrected chi connectivity index (χ4v) is 2.10. The molecule has 1 N–H and O–H groups in total. The second-order valence-corrected chi connectivity index (χ2v) is 5.04. The summed E-state index contributed by atoms with van der Waals surface area (Å²) in [6.07, 6.45) is 3.87. The zero-order chi connectivity index (χ0) is 13.2. The van der Waals surface area contributed by atoms with Crippen molar-refractivity contribution in [2.75, 3.05) is 0 Å². The van der Waals surface area contributed by atoms with Crippen LogP contribution in [0.3, 0.4) is 0 Å². The molecule has 0 unspecified atom stereocenters. The molecule has 4 nitrogen and oxygen atoms in total. The predicted molar refractivity (Wildman–Crippen MR) is 75.3 cm³/mol. The van der Waals surface area contributed by atoms with Gasteiger partial charge in [-0.05, 0) is 36.4 Å². The minimum atomic E-state index is 0.227. The van der Waals surface area contributed by atoms with Crippen LogP contribution in [0, 0.1) is 0 Å². The number of imidazole rings is 1. The van der Waals surface area contributed by atoms with Crippen LogP contribution in [-0.2, 0) is 6.61 Å². The third-order valence-corrected chi connectivity index (χ3v) is 3.19. The molecule has 2 heterocycles. The highest BCUT2D eigenvalue weighted by Gasteiger charge is 2.03. The van der Waals surface area contributed by atoms with Crippen molar-refractivity contribution >= 4 is 21.6 Å². The Bertz CT molecular complexity index is 707. The third-order valence-electron chi connectivity index (χ3n) is 2.70. The summed E-state index contributed by atoms with van der Waals surface area (Å²) in [5.74, 6) is 0.931. The molecular formula is C14H11BrN2O2. The monoisotopic (exact) mass is 318 g/mol. The number of aromatic hydroxyl groups is 1. The number of pyridine rings is 1. The van der Waals surface area contributed by atoms with Crippen LogP contribution in [-0.4, -0.2) is 14.5 Å². The summed E-state index contributed by atoms with van der Waals surface area (Å²) in [7, 11) is 0. The van der Waals surface area contributed by atoms with Gasteiger partial charge in [0.1, 0.15) is 23.8 Å². The van der Waals surface area contributed by atoms with E-state index in [2.05, 4.69) is 20.9 Å². The smallest absolute Gasteiger partial charge is 0.138 e. The van der Waals surface area contributed by atoms with E-state index in [1.807, 2.05) is 28.9 Å². The standard InChI is InChI=1S/C14H11BrN2O2/c15-10-5-6-17-8-11(16-14(17)7-10)9-19-13-3-1-12(18)2-4-13/h1-8,18H,9H2. The van der Waals surface area contributed by atoms with E-state index in [4.69, 9.17) is 4.74 Å². The first-order valence-corrected chi connectivity index (χ1v) is 6.55. The Labute approximate surface area is 118 Å². The number of phenols is 1. The van der Waals surface area contributed by atoms with Crippen LogP contribution in [0.15, 0.2) is 53.3 Å². The molecule has 0 saturated carbocycles. The van der Waals surface area contributed by atoms with E-state index in [-0.39, 0.29) is 5.75 Å². The number of nitrogens with zero attached hydrogens (tertiary/aromatic N) is 2. The summed E-state index contributed by atoms with van der Waals surface area (Å²) in [5.41, 5.74) is 1.73. The van der Waals surface area contributed by atoms with Crippen molar-refractivity contribution in [1.29, 1.82) is 0 Å². The zero-order valence-corrected chi connectivity index (χ0v) is 11.5. The van der Waals surface area contributed by atoms with Gasteiger partial charge in [0.2, 0.25) is 0 Å². The highest BCUT2D eigenvalue weighted by Crippen LogP contribution is 2.18. The van der Waals surface area contributed by atoms with Gasteiger partial charge in [-0.1, -0.05) is 15.9 Å². The van der Waals surface area contributed by atoms with Crippen molar-refractivity contribution in [3.8, 4) is 11.5 Å². The topological polar surface area (TPSA) is 46.8 Å². The van der Waals surface area contributed by atoms with Crippen molar-refractivity contribution in [3.63, 3.8) is 0 Å². The first kappa shape index (κ1) is 12.0. The zero-order valence-electron chi connectivity index (χ0n) is 9.95. The number of halogens is 1. The van der Waals surface area contributed by atoms with Gasteiger partial charge in [0, 0.05) is 16.9 Å². The fraction of sp³-hybridized carbons (Fsp3) is 0.0714. The molecule has 0 aliphatic heterocycles. The normalized spacial score (nSPS) is 10.8. The van der Waals surface area contributed by atoms with Crippen LogP contribution in [0.1, 0.15) is 5.69 Å². The van der Waals surface area contributed by atoms with E-state index in [1.165, 1.54) is 0 Å². The lowest BCUT2D eigenvalue weighted by Gasteiger charge is -2.03. The maximum Gasteiger partial charge on any atom is 0.138 e. The fourth-order valence-electron chi connectivity index (χ4n) is 1.78. The van der Waals surface area contributed by atoms with Gasteiger partial charge in [-0.15, -0.1) is 0 Å². The summed E-state index contributed by atoms with van der Waals surface area (Å²) in [5, 5.41) is 9.19. The molecule has 3 aromatic rings. The van der Waals surface area contributed by atoms with Gasteiger partial charge < -0.3 is 14.2 Å². The molecule has 0 aliphatic carbocycles. The molecule has 1 aromatic carbocycles. The van der Waals surface area contributed by atoms with Gasteiger partial charge in [-0.25, -0.2) is 4.98 Å². The van der Waals surface area contributed by atoms with Crippen LogP contribution >= 0.6 is 15.9 Å². The molecule has 0 atom stereocenters. The van der Waals surface area contributed by atoms with Crippen LogP contribution in [0.5, 0.6) is 11.5 Å². The maximum absolute atomic E-state index is 9.19. The number of aromatic nitrogens is 2. The van der Waals surface area contributed by atoms with E-state index in [0.29, 0.717) is 12.4 Å². The molecule has 3 rings (SSSR count). The van der Waals surface area contributed by atoms with Crippen molar-refractivity contribution in [1.82, 2.24) is 9.38 Å². The molecule has 19 heavy (non-hydrogen) atoms. The van der Waals surface area contributed by atoms with Gasteiger partial charge in [0.15, 0.2) is 0 Å². The van der Waals surface area contributed by atoms with E-state index in [9.17, 15) is 5.11 Å². The number of hydrogen-bond donors (Lipinski definition) is 1. The van der Waals surface area contributed by atoms with E-state index >= 15 is 0 Å². The van der Waals surface area contributed by atoms with Gasteiger partial charge in [0.25, 0.3) is 0 Å². The molecule has 0 fully saturated rings. The summed E-state index contributed by atoms with van der Waals surface area (Å²) in [6.45, 7) is 0.393. The molecule has 0 radical (unpaired) electrons. The Morgan fingerprint density at radius 3 is 2.79 bits per heavy atom. The van der Waals surface area contributed by atoms with Crippen LogP contribution in [0.4, 0.5) is 0 Å². The maximum atomic E-state index is 9.19. The highest BCUT2D eigenvalue weighted by atomic mass is 79.9. The Balaban J connectivity index is 1.76. The Morgan fingerprint density at radius 1 is 1.21 bits per heavy atom. The second kappa shape index (κ2) is 4.93. The molecule has 0 spiro atoms. The second-order valence-electron chi connectivity index (χ2n) is 4.13. The van der Waals surface area contributed by atoms with E-state index in [1.54, 1.807) is 24.3 Å². The lowest BCUT2D eigenvalue weighted by Crippen LogP contribution is -1.95. The average molecular weight is 319 g/mol. The van der Waals surface area contributed by atoms with Crippen molar-refractivity contribution in [3.05, 3.63) is 59.0 Å². The summed E-state index contributed by atoms with van der Waals surface area (Å²) in [4.78, 5) is 4.46. The number of rotatable bonds is 3. The third kappa shape index (κ3) is 2.71. The summed E-state index contributed by atoms with van der Waals surface area (Å²) in [6, 6.07) is 10.5. The first-order chi connectivity index (χ1) is 9.20. The Kier molecular flexibility index (Phi) is 3.13. The lowest BCUT2D eigenvalue weighted by atomic mass is 10.3. The average Bonchev–Trinajstić information content (AvgIpc) is 2.80. The van der Waals surface area contributed by atoms with Crippen molar-refractivity contribution < 1.29 is 9.84 Å². The Morgan fingerprint density at radius 2 is 2.00 bits per heavy atom. The van der Waals surface area contributed by atoms with Gasteiger partial charge in [-0.2, -0.15) is 0 Å². The number of phenolic OH excluding ortho intramolecular Hbond substituents is 1. The number of hydrogen-bond acceptors (Lipinski definition) is 3. The minimum Gasteiger partial charge on any atom is -0.508 e. The van der Waals surface area contributed by atoms with Crippen molar-refractivity contribution in [2.24, 2.45) is 0 Å². The first-order valence-electron chi connectivity index (χ1n) is 5.76. The number of benzene rings is 1. The van der Waals surface area contributed by atoms with Crippen LogP contribution < -0.4 is 4.74 Å². The molecule has 96 valence electrons. The van der Waals surface area contributed by atoms with E-state index in [0.717, 1.165) is 15.8 Å². The molecule has 0 saturated heterocycles. The van der Waals surface area contributed by atoms with Gasteiger partial charge in [-0.3, -0.25) is 0 Å². The molecule has 0 bridgehead atoms.